The molecule has 1 aliphatic rings. The molecule has 0 N–H and O–H groups in total. The first kappa shape index (κ1) is 6.78. The first-order valence-electron chi connectivity index (χ1n) is 2.22. The molecular weight excluding hydrogens is 164 g/mol. The van der Waals surface area contributed by atoms with E-state index in [-0.39, 0.29) is 4.45 Å². The van der Waals surface area contributed by atoms with Crippen molar-refractivity contribution in [2.24, 2.45) is 0 Å². The monoisotopic (exact) mass is 168 g/mol. The summed E-state index contributed by atoms with van der Waals surface area (Å²) in [6, 6.07) is 0. The Bertz CT molecular complexity index is 106. The molecule has 0 aliphatic carbocycles. The number of hydrogen-bond acceptors (Lipinski definition) is 3. The van der Waals surface area contributed by atoms with Crippen LogP contribution >= 0.6 is 35.1 Å². The molecule has 0 aromatic carbocycles. The van der Waals surface area contributed by atoms with Gasteiger partial charge in [0.25, 0.3) is 0 Å². The van der Waals surface area contributed by atoms with Gasteiger partial charge in [0.05, 0.1) is 0 Å². The number of hydrogen-bond donors (Lipinski definition) is 0. The highest BCUT2D eigenvalue weighted by molar-refractivity contribution is 8.41. The molecule has 0 spiro atoms. The topological polar surface area (TPSA) is 17.1 Å². The van der Waals surface area contributed by atoms with Crippen molar-refractivity contribution in [1.82, 2.24) is 0 Å². The summed E-state index contributed by atoms with van der Waals surface area (Å²) in [5, 5.41) is 0.370. The van der Waals surface area contributed by atoms with Crippen molar-refractivity contribution in [3.8, 4) is 0 Å². The van der Waals surface area contributed by atoms with Crippen LogP contribution in [-0.2, 0) is 0 Å². The summed E-state index contributed by atoms with van der Waals surface area (Å²) in [5.74, 6) is 1.50. The predicted molar refractivity (Wildman–Crippen MR) is 40.0 cm³/mol. The average molecular weight is 169 g/mol. The van der Waals surface area contributed by atoms with Crippen LogP contribution in [0.1, 0.15) is 0 Å². The molecule has 0 radical (unpaired) electrons. The Morgan fingerprint density at radius 1 is 1.88 bits per heavy atom. The lowest BCUT2D eigenvalue weighted by molar-refractivity contribution is 0.277. The van der Waals surface area contributed by atoms with Crippen molar-refractivity contribution in [2.75, 3.05) is 11.6 Å². The van der Waals surface area contributed by atoms with Gasteiger partial charge in [-0.25, -0.2) is 0 Å². The molecule has 0 aromatic rings. The van der Waals surface area contributed by atoms with Crippen LogP contribution in [-0.4, -0.2) is 21.3 Å². The summed E-state index contributed by atoms with van der Waals surface area (Å²) < 4.78 is 0.218. The molecular formula is C4H5ClOS2. The summed E-state index contributed by atoms with van der Waals surface area (Å²) >= 11 is 8.21. The highest BCUT2D eigenvalue weighted by Gasteiger charge is 2.22. The Labute approximate surface area is 61.5 Å². The lowest BCUT2D eigenvalue weighted by Gasteiger charge is -1.94. The summed E-state index contributed by atoms with van der Waals surface area (Å²) in [4.78, 5) is 10.5. The van der Waals surface area contributed by atoms with E-state index >= 15 is 0 Å². The Morgan fingerprint density at radius 2 is 2.62 bits per heavy atom. The zero-order valence-corrected chi connectivity index (χ0v) is 6.48. The Balaban J connectivity index is 2.32. The van der Waals surface area contributed by atoms with E-state index in [1.54, 1.807) is 0 Å². The van der Waals surface area contributed by atoms with E-state index < -0.39 is 0 Å². The lowest BCUT2D eigenvalue weighted by Crippen LogP contribution is -2.00. The molecule has 0 amide bonds. The maximum atomic E-state index is 10.5. The third-order valence-corrected chi connectivity index (χ3v) is 3.89. The largest absolute Gasteiger partial charge is 0.274 e. The summed E-state index contributed by atoms with van der Waals surface area (Å²) in [7, 11) is 0. The highest BCUT2D eigenvalue weighted by Crippen LogP contribution is 2.32. The van der Waals surface area contributed by atoms with Crippen molar-refractivity contribution in [3.05, 3.63) is 0 Å². The second kappa shape index (κ2) is 2.99. The van der Waals surface area contributed by atoms with Crippen LogP contribution in [0.25, 0.3) is 0 Å². The van der Waals surface area contributed by atoms with Crippen LogP contribution in [0.5, 0.6) is 0 Å². The molecule has 1 atom stereocenters. The molecule has 46 valence electrons. The van der Waals surface area contributed by atoms with E-state index in [1.807, 2.05) is 0 Å². The summed E-state index contributed by atoms with van der Waals surface area (Å²) in [6.07, 6.45) is 0. The van der Waals surface area contributed by atoms with Gasteiger partial charge >= 0.3 is 0 Å². The number of thioether (sulfide) groups is 2. The van der Waals surface area contributed by atoms with Crippen LogP contribution in [0.4, 0.5) is 4.79 Å². The predicted octanol–water partition coefficient (Wildman–Crippen LogP) is 2.19. The molecule has 4 heteroatoms. The maximum Gasteiger partial charge on any atom is 0.246 e. The number of rotatable bonds is 1. The third kappa shape index (κ3) is 1.57. The van der Waals surface area contributed by atoms with E-state index in [9.17, 15) is 4.79 Å². The van der Waals surface area contributed by atoms with Crippen LogP contribution < -0.4 is 0 Å². The normalized spacial score (nSPS) is 29.1. The van der Waals surface area contributed by atoms with Gasteiger partial charge in [-0.15, -0.1) is 11.6 Å². The van der Waals surface area contributed by atoms with Crippen molar-refractivity contribution in [3.63, 3.8) is 0 Å². The van der Waals surface area contributed by atoms with E-state index in [4.69, 9.17) is 11.6 Å². The fourth-order valence-electron chi connectivity index (χ4n) is 0.441. The van der Waals surface area contributed by atoms with Crippen LogP contribution in [0, 0.1) is 0 Å². The van der Waals surface area contributed by atoms with Gasteiger partial charge < -0.3 is 0 Å². The second-order valence-corrected chi connectivity index (χ2v) is 4.29. The SMILES string of the molecule is O=C1SCC(CCl)S1. The van der Waals surface area contributed by atoms with Crippen molar-refractivity contribution < 1.29 is 4.79 Å². The van der Waals surface area contributed by atoms with Gasteiger partial charge in [0, 0.05) is 16.9 Å². The second-order valence-electron chi connectivity index (χ2n) is 1.46. The molecule has 1 rings (SSSR count). The van der Waals surface area contributed by atoms with Gasteiger partial charge in [0.15, 0.2) is 0 Å². The van der Waals surface area contributed by atoms with Gasteiger partial charge in [-0.1, -0.05) is 23.5 Å². The molecule has 8 heavy (non-hydrogen) atoms. The molecule has 0 bridgehead atoms. The molecule has 1 unspecified atom stereocenters. The van der Waals surface area contributed by atoms with Crippen molar-refractivity contribution in [1.29, 1.82) is 0 Å². The Kier molecular flexibility index (Phi) is 2.53. The molecule has 0 saturated carbocycles. The molecule has 1 aliphatic heterocycles. The van der Waals surface area contributed by atoms with Gasteiger partial charge in [-0.3, -0.25) is 4.79 Å². The van der Waals surface area contributed by atoms with E-state index in [0.717, 1.165) is 5.75 Å². The fourth-order valence-corrected chi connectivity index (χ4v) is 3.00. The zero-order valence-electron chi connectivity index (χ0n) is 4.09. The van der Waals surface area contributed by atoms with E-state index in [2.05, 4.69) is 0 Å². The van der Waals surface area contributed by atoms with Gasteiger partial charge in [0.2, 0.25) is 4.45 Å². The van der Waals surface area contributed by atoms with Crippen LogP contribution in [0.2, 0.25) is 0 Å². The van der Waals surface area contributed by atoms with Crippen LogP contribution in [0.3, 0.4) is 0 Å². The minimum atomic E-state index is 0.218. The van der Waals surface area contributed by atoms with E-state index in [1.165, 1.54) is 23.5 Å². The smallest absolute Gasteiger partial charge is 0.246 e. The summed E-state index contributed by atoms with van der Waals surface area (Å²) in [6.45, 7) is 0. The number of carbonyl (C=O) groups is 1. The molecule has 1 fully saturated rings. The number of halogens is 1. The van der Waals surface area contributed by atoms with E-state index in [0.29, 0.717) is 11.1 Å². The Morgan fingerprint density at radius 3 is 2.88 bits per heavy atom. The first-order chi connectivity index (χ1) is 3.83. The van der Waals surface area contributed by atoms with Gasteiger partial charge in [-0.2, -0.15) is 0 Å². The fraction of sp³-hybridized carbons (Fsp3) is 0.750. The number of alkyl halides is 1. The first-order valence-corrected chi connectivity index (χ1v) is 4.62. The van der Waals surface area contributed by atoms with Crippen molar-refractivity contribution >= 4 is 39.6 Å². The highest BCUT2D eigenvalue weighted by atomic mass is 35.5. The van der Waals surface area contributed by atoms with Crippen LogP contribution in [0.15, 0.2) is 0 Å². The minimum absolute atomic E-state index is 0.218. The lowest BCUT2D eigenvalue weighted by atomic mass is 10.6. The van der Waals surface area contributed by atoms with Crippen molar-refractivity contribution in [2.45, 2.75) is 5.25 Å². The standard InChI is InChI=1S/C4H5ClOS2/c5-1-3-2-7-4(6)8-3/h3H,1-2H2. The molecule has 1 nitrogen and oxygen atoms in total. The minimum Gasteiger partial charge on any atom is -0.274 e. The molecule has 0 aromatic heterocycles. The third-order valence-electron chi connectivity index (χ3n) is 0.822. The quantitative estimate of drug-likeness (QED) is 0.559. The summed E-state index contributed by atoms with van der Waals surface area (Å²) in [5.41, 5.74) is 0. The maximum absolute atomic E-state index is 10.5. The Hall–Kier alpha value is 0.660. The molecule has 1 heterocycles. The van der Waals surface area contributed by atoms with Gasteiger partial charge in [-0.05, 0) is 0 Å². The average Bonchev–Trinajstić information content (AvgIpc) is 2.14. The number of carbonyl (C=O) groups excluding carboxylic acids is 1. The zero-order chi connectivity index (χ0) is 5.98. The van der Waals surface area contributed by atoms with Gasteiger partial charge in [0.1, 0.15) is 0 Å². The molecule has 1 saturated heterocycles.